The Bertz CT molecular complexity index is 394. The smallest absolute Gasteiger partial charge is 0.227 e. The van der Waals surface area contributed by atoms with Gasteiger partial charge in [0.1, 0.15) is 0 Å². The summed E-state index contributed by atoms with van der Waals surface area (Å²) in [5.41, 5.74) is 1.88. The van der Waals surface area contributed by atoms with Crippen LogP contribution >= 0.6 is 22.6 Å². The van der Waals surface area contributed by atoms with E-state index in [4.69, 9.17) is 4.42 Å². The van der Waals surface area contributed by atoms with Crippen molar-refractivity contribution in [3.05, 3.63) is 27.7 Å². The summed E-state index contributed by atoms with van der Waals surface area (Å²) in [6.07, 6.45) is 1.81. The Kier molecular flexibility index (Phi) is 1.60. The Morgan fingerprint density at radius 1 is 1.45 bits per heavy atom. The third-order valence-corrected chi connectivity index (χ3v) is 2.01. The highest BCUT2D eigenvalue weighted by atomic mass is 127. The van der Waals surface area contributed by atoms with Crippen LogP contribution in [0.15, 0.2) is 22.7 Å². The summed E-state index contributed by atoms with van der Waals surface area (Å²) in [6, 6.07) is 4.05. The van der Waals surface area contributed by atoms with Gasteiger partial charge in [0.15, 0.2) is 3.77 Å². The monoisotopic (exact) mass is 259 g/mol. The van der Waals surface area contributed by atoms with Crippen LogP contribution in [0.25, 0.3) is 11.1 Å². The first-order valence-electron chi connectivity index (χ1n) is 3.27. The number of aryl methyl sites for hydroxylation is 1. The fourth-order valence-corrected chi connectivity index (χ4v) is 1.56. The molecule has 0 amide bonds. The predicted octanol–water partition coefficient (Wildman–Crippen LogP) is 2.74. The highest BCUT2D eigenvalue weighted by Crippen LogP contribution is 2.18. The summed E-state index contributed by atoms with van der Waals surface area (Å²) in [6.45, 7) is 2.02. The Morgan fingerprint density at radius 3 is 3.09 bits per heavy atom. The molecule has 0 aliphatic rings. The zero-order chi connectivity index (χ0) is 7.84. The maximum atomic E-state index is 5.30. The van der Waals surface area contributed by atoms with E-state index in [1.165, 1.54) is 0 Å². The molecule has 0 atom stereocenters. The van der Waals surface area contributed by atoms with Crippen molar-refractivity contribution >= 4 is 33.7 Å². The molecule has 0 spiro atoms. The number of rotatable bonds is 0. The molecule has 0 unspecified atom stereocenters. The van der Waals surface area contributed by atoms with Gasteiger partial charge in [0.2, 0.25) is 5.71 Å². The lowest BCUT2D eigenvalue weighted by atomic mass is 10.2. The average Bonchev–Trinajstić information content (AvgIpc) is 2.27. The van der Waals surface area contributed by atoms with E-state index in [2.05, 4.69) is 33.6 Å². The summed E-state index contributed by atoms with van der Waals surface area (Å²) in [5, 5.41) is 1.08. The number of hydrogen-bond acceptors (Lipinski definition) is 2. The number of aromatic nitrogens is 1. The minimum atomic E-state index is 0.722. The molecule has 2 nitrogen and oxygen atoms in total. The van der Waals surface area contributed by atoms with Crippen LogP contribution in [-0.4, -0.2) is 4.98 Å². The van der Waals surface area contributed by atoms with Crippen molar-refractivity contribution < 1.29 is 4.42 Å². The summed E-state index contributed by atoms with van der Waals surface area (Å²) in [4.78, 5) is 4.13. The van der Waals surface area contributed by atoms with Crippen LogP contribution in [0.2, 0.25) is 0 Å². The third-order valence-electron chi connectivity index (χ3n) is 1.48. The van der Waals surface area contributed by atoms with Gasteiger partial charge < -0.3 is 4.42 Å². The molecular weight excluding hydrogens is 253 g/mol. The van der Waals surface area contributed by atoms with Crippen molar-refractivity contribution in [2.24, 2.45) is 0 Å². The van der Waals surface area contributed by atoms with Crippen LogP contribution in [0.5, 0.6) is 0 Å². The van der Waals surface area contributed by atoms with Crippen molar-refractivity contribution in [2.45, 2.75) is 6.92 Å². The van der Waals surface area contributed by atoms with Gasteiger partial charge in [-0.3, -0.25) is 0 Å². The Balaban J connectivity index is 2.82. The molecule has 0 aliphatic carbocycles. The number of hydrogen-bond donors (Lipinski definition) is 0. The summed E-state index contributed by atoms with van der Waals surface area (Å²) in [7, 11) is 0. The second-order valence-corrected chi connectivity index (χ2v) is 3.52. The first-order valence-corrected chi connectivity index (χ1v) is 4.35. The summed E-state index contributed by atoms with van der Waals surface area (Å²) in [5.74, 6) is 0. The Morgan fingerprint density at radius 2 is 2.27 bits per heavy atom. The molecule has 11 heavy (non-hydrogen) atoms. The first kappa shape index (κ1) is 7.09. The maximum Gasteiger partial charge on any atom is 0.227 e. The molecule has 2 aromatic rings. The van der Waals surface area contributed by atoms with Crippen LogP contribution in [0.3, 0.4) is 0 Å². The number of fused-ring (bicyclic) bond motifs is 1. The van der Waals surface area contributed by atoms with E-state index in [1.807, 2.05) is 19.2 Å². The van der Waals surface area contributed by atoms with Crippen molar-refractivity contribution in [1.29, 1.82) is 0 Å². The molecule has 56 valence electrons. The summed E-state index contributed by atoms with van der Waals surface area (Å²) >= 11 is 2.14. The van der Waals surface area contributed by atoms with Crippen molar-refractivity contribution in [1.82, 2.24) is 4.98 Å². The molecule has 0 bridgehead atoms. The zero-order valence-corrected chi connectivity index (χ0v) is 8.12. The molecule has 0 fully saturated rings. The van der Waals surface area contributed by atoms with Gasteiger partial charge in [0, 0.05) is 11.6 Å². The van der Waals surface area contributed by atoms with Gasteiger partial charge in [-0.1, -0.05) is 0 Å². The van der Waals surface area contributed by atoms with Crippen LogP contribution < -0.4 is 0 Å². The van der Waals surface area contributed by atoms with Crippen LogP contribution in [0.1, 0.15) is 5.56 Å². The van der Waals surface area contributed by atoms with Gasteiger partial charge >= 0.3 is 0 Å². The standard InChI is InChI=1S/C8H6INO/c1-5-2-6-3-7(9)11-8(6)10-4-5/h2-4H,1H3. The number of pyridine rings is 1. The first-order chi connectivity index (χ1) is 5.25. The lowest BCUT2D eigenvalue weighted by molar-refractivity contribution is 0.572. The quantitative estimate of drug-likeness (QED) is 0.680. The number of furan rings is 1. The van der Waals surface area contributed by atoms with Gasteiger partial charge in [-0.05, 0) is 47.2 Å². The SMILES string of the molecule is Cc1cnc2oc(I)cc2c1. The lowest BCUT2D eigenvalue weighted by Gasteiger charge is -1.88. The van der Waals surface area contributed by atoms with Gasteiger partial charge in [-0.25, -0.2) is 4.98 Å². The molecule has 0 aromatic carbocycles. The van der Waals surface area contributed by atoms with E-state index in [1.54, 1.807) is 0 Å². The molecule has 2 heterocycles. The van der Waals surface area contributed by atoms with E-state index in [0.717, 1.165) is 20.4 Å². The molecule has 0 aliphatic heterocycles. The third kappa shape index (κ3) is 1.24. The average molecular weight is 259 g/mol. The molecule has 0 N–H and O–H groups in total. The second kappa shape index (κ2) is 2.48. The van der Waals surface area contributed by atoms with Crippen molar-refractivity contribution in [2.75, 3.05) is 0 Å². The number of nitrogens with zero attached hydrogens (tertiary/aromatic N) is 1. The van der Waals surface area contributed by atoms with Crippen LogP contribution in [-0.2, 0) is 0 Å². The lowest BCUT2D eigenvalue weighted by Crippen LogP contribution is -1.74. The molecule has 2 aromatic heterocycles. The number of halogens is 1. The minimum absolute atomic E-state index is 0.722. The van der Waals surface area contributed by atoms with Gasteiger partial charge in [-0.2, -0.15) is 0 Å². The van der Waals surface area contributed by atoms with Crippen molar-refractivity contribution in [3.8, 4) is 0 Å². The fraction of sp³-hybridized carbons (Fsp3) is 0.125. The topological polar surface area (TPSA) is 26.0 Å². The highest BCUT2D eigenvalue weighted by molar-refractivity contribution is 14.1. The highest BCUT2D eigenvalue weighted by Gasteiger charge is 2.00. The molecule has 0 radical (unpaired) electrons. The molecule has 0 saturated heterocycles. The normalized spacial score (nSPS) is 10.7. The summed E-state index contributed by atoms with van der Waals surface area (Å²) < 4.78 is 6.18. The van der Waals surface area contributed by atoms with Gasteiger partial charge in [0.25, 0.3) is 0 Å². The molecule has 2 rings (SSSR count). The van der Waals surface area contributed by atoms with Crippen molar-refractivity contribution in [3.63, 3.8) is 0 Å². The van der Waals surface area contributed by atoms with Crippen LogP contribution in [0, 0.1) is 10.7 Å². The van der Waals surface area contributed by atoms with Crippen LogP contribution in [0.4, 0.5) is 0 Å². The molecule has 3 heteroatoms. The largest absolute Gasteiger partial charge is 0.432 e. The van der Waals surface area contributed by atoms with E-state index in [0.29, 0.717) is 0 Å². The molecular formula is C8H6INO. The van der Waals surface area contributed by atoms with E-state index < -0.39 is 0 Å². The van der Waals surface area contributed by atoms with E-state index in [-0.39, 0.29) is 0 Å². The second-order valence-electron chi connectivity index (χ2n) is 2.46. The Labute approximate surface area is 77.8 Å². The van der Waals surface area contributed by atoms with Gasteiger partial charge in [0.05, 0.1) is 0 Å². The van der Waals surface area contributed by atoms with E-state index >= 15 is 0 Å². The predicted molar refractivity (Wildman–Crippen MR) is 51.5 cm³/mol. The molecule has 0 saturated carbocycles. The zero-order valence-electron chi connectivity index (χ0n) is 5.97. The minimum Gasteiger partial charge on any atom is -0.432 e. The Hall–Kier alpha value is -0.580. The fourth-order valence-electron chi connectivity index (χ4n) is 1.01. The maximum absolute atomic E-state index is 5.30. The van der Waals surface area contributed by atoms with Gasteiger partial charge in [-0.15, -0.1) is 0 Å². The van der Waals surface area contributed by atoms with E-state index in [9.17, 15) is 0 Å².